The molecule has 0 bridgehead atoms. The number of hydrogen-bond acceptors (Lipinski definition) is 4. The molecule has 1 aromatic rings. The minimum absolute atomic E-state index is 0.165. The minimum Gasteiger partial charge on any atom is -0.439 e. The zero-order valence-electron chi connectivity index (χ0n) is 13.1. The summed E-state index contributed by atoms with van der Waals surface area (Å²) in [5.41, 5.74) is -0.539. The maximum atomic E-state index is 12.7. The summed E-state index contributed by atoms with van der Waals surface area (Å²) in [6.07, 6.45) is -4.93. The molecule has 0 N–H and O–H groups in total. The van der Waals surface area contributed by atoms with Crippen LogP contribution in [-0.2, 0) is 26.9 Å². The highest BCUT2D eigenvalue weighted by Gasteiger charge is 2.41. The van der Waals surface area contributed by atoms with Crippen LogP contribution in [0.4, 0.5) is 18.0 Å². The molecule has 0 aromatic heterocycles. The van der Waals surface area contributed by atoms with Gasteiger partial charge in [0.25, 0.3) is 5.91 Å². The first-order valence-corrected chi connectivity index (χ1v) is 7.68. The molecule has 0 radical (unpaired) electrons. The van der Waals surface area contributed by atoms with Gasteiger partial charge in [0.05, 0.1) is 18.0 Å². The molecule has 2 heterocycles. The number of hydrogen-bond donors (Lipinski definition) is 0. The van der Waals surface area contributed by atoms with Crippen LogP contribution in [0.25, 0.3) is 0 Å². The van der Waals surface area contributed by atoms with Gasteiger partial charge in [0.1, 0.15) is 0 Å². The van der Waals surface area contributed by atoms with Gasteiger partial charge in [-0.2, -0.15) is 13.2 Å². The monoisotopic (exact) mass is 356 g/mol. The van der Waals surface area contributed by atoms with Gasteiger partial charge >= 0.3 is 12.3 Å². The van der Waals surface area contributed by atoms with E-state index in [4.69, 9.17) is 0 Å². The van der Waals surface area contributed by atoms with Crippen LogP contribution < -0.4 is 0 Å². The van der Waals surface area contributed by atoms with Crippen molar-refractivity contribution in [3.63, 3.8) is 0 Å². The lowest BCUT2D eigenvalue weighted by atomic mass is 10.1. The first-order chi connectivity index (χ1) is 11.8. The molecule has 1 atom stereocenters. The third-order valence-electron chi connectivity index (χ3n) is 4.28. The summed E-state index contributed by atoms with van der Waals surface area (Å²) >= 11 is 0. The van der Waals surface area contributed by atoms with Crippen molar-refractivity contribution in [2.24, 2.45) is 0 Å². The average molecular weight is 356 g/mol. The number of imide groups is 1. The standard InChI is InChI=1S/C16H15F3N2O4/c17-16(18,19)11-3-1-2-10(6-11)7-13(22)20-5-4-12(8-20)21-14(23)9-25-15(21)24/h1-3,6,12H,4-5,7-9H2/t12-/m0/s1. The number of rotatable bonds is 3. The van der Waals surface area contributed by atoms with E-state index in [2.05, 4.69) is 4.74 Å². The van der Waals surface area contributed by atoms with Gasteiger partial charge in [0.15, 0.2) is 6.61 Å². The second kappa shape index (κ2) is 6.38. The van der Waals surface area contributed by atoms with E-state index in [0.717, 1.165) is 17.0 Å². The molecule has 0 unspecified atom stereocenters. The number of nitrogens with zero attached hydrogens (tertiary/aromatic N) is 2. The van der Waals surface area contributed by atoms with Crippen molar-refractivity contribution in [2.75, 3.05) is 19.7 Å². The van der Waals surface area contributed by atoms with Crippen molar-refractivity contribution in [3.05, 3.63) is 35.4 Å². The number of cyclic esters (lactones) is 1. The third-order valence-corrected chi connectivity index (χ3v) is 4.28. The van der Waals surface area contributed by atoms with Crippen LogP contribution in [0.2, 0.25) is 0 Å². The van der Waals surface area contributed by atoms with Gasteiger partial charge in [-0.1, -0.05) is 18.2 Å². The highest BCUT2D eigenvalue weighted by molar-refractivity contribution is 5.98. The van der Waals surface area contributed by atoms with E-state index in [0.29, 0.717) is 13.0 Å². The summed E-state index contributed by atoms with van der Waals surface area (Å²) in [5, 5.41) is 0. The number of amides is 3. The molecule has 25 heavy (non-hydrogen) atoms. The highest BCUT2D eigenvalue weighted by atomic mass is 19.4. The van der Waals surface area contributed by atoms with Crippen LogP contribution in [-0.4, -0.2) is 53.4 Å². The normalized spacial score (nSPS) is 21.0. The fourth-order valence-corrected chi connectivity index (χ4v) is 3.04. The Hall–Kier alpha value is -2.58. The van der Waals surface area contributed by atoms with Gasteiger partial charge in [0.2, 0.25) is 5.91 Å². The van der Waals surface area contributed by atoms with Crippen LogP contribution in [0, 0.1) is 0 Å². The van der Waals surface area contributed by atoms with Crippen molar-refractivity contribution in [1.82, 2.24) is 9.80 Å². The highest BCUT2D eigenvalue weighted by Crippen LogP contribution is 2.30. The van der Waals surface area contributed by atoms with Crippen LogP contribution in [0.5, 0.6) is 0 Å². The van der Waals surface area contributed by atoms with Crippen LogP contribution in [0.1, 0.15) is 17.5 Å². The van der Waals surface area contributed by atoms with Crippen molar-refractivity contribution in [1.29, 1.82) is 0 Å². The summed E-state index contributed by atoms with van der Waals surface area (Å²) in [6, 6.07) is 4.17. The summed E-state index contributed by atoms with van der Waals surface area (Å²) in [5.74, 6) is -0.788. The Kier molecular flexibility index (Phi) is 4.40. The van der Waals surface area contributed by atoms with E-state index in [1.165, 1.54) is 17.0 Å². The maximum Gasteiger partial charge on any atom is 0.417 e. The number of ether oxygens (including phenoxy) is 1. The zero-order valence-corrected chi connectivity index (χ0v) is 13.1. The number of carbonyl (C=O) groups is 3. The molecule has 1 aromatic carbocycles. The number of carbonyl (C=O) groups excluding carboxylic acids is 3. The molecule has 134 valence electrons. The quantitative estimate of drug-likeness (QED) is 0.829. The maximum absolute atomic E-state index is 12.7. The number of halogens is 3. The summed E-state index contributed by atoms with van der Waals surface area (Å²) in [4.78, 5) is 38.0. The molecular formula is C16H15F3N2O4. The van der Waals surface area contributed by atoms with Crippen LogP contribution in [0.15, 0.2) is 24.3 Å². The van der Waals surface area contributed by atoms with Gasteiger partial charge in [0, 0.05) is 13.1 Å². The molecule has 2 aliphatic rings. The molecule has 3 amide bonds. The fourth-order valence-electron chi connectivity index (χ4n) is 3.04. The molecule has 0 aliphatic carbocycles. The third kappa shape index (κ3) is 3.59. The lowest BCUT2D eigenvalue weighted by Gasteiger charge is -2.20. The predicted octanol–water partition coefficient (Wildman–Crippen LogP) is 1.83. The van der Waals surface area contributed by atoms with Crippen molar-refractivity contribution in [3.8, 4) is 0 Å². The summed E-state index contributed by atoms with van der Waals surface area (Å²) in [6.45, 7) is 0.200. The molecule has 2 fully saturated rings. The van der Waals surface area contributed by atoms with E-state index in [-0.39, 0.29) is 31.0 Å². The van der Waals surface area contributed by atoms with Crippen LogP contribution >= 0.6 is 0 Å². The van der Waals surface area contributed by atoms with Gasteiger partial charge in [-0.3, -0.25) is 9.59 Å². The predicted molar refractivity (Wildman–Crippen MR) is 78.3 cm³/mol. The van der Waals surface area contributed by atoms with Crippen molar-refractivity contribution < 1.29 is 32.3 Å². The van der Waals surface area contributed by atoms with Gasteiger partial charge in [-0.05, 0) is 18.1 Å². The lowest BCUT2D eigenvalue weighted by molar-refractivity contribution is -0.138. The molecule has 3 rings (SSSR count). The Bertz CT molecular complexity index is 704. The molecule has 2 saturated heterocycles. The first kappa shape index (κ1) is 17.2. The van der Waals surface area contributed by atoms with Crippen molar-refractivity contribution in [2.45, 2.75) is 25.1 Å². The van der Waals surface area contributed by atoms with E-state index < -0.39 is 29.8 Å². The molecule has 6 nitrogen and oxygen atoms in total. The number of likely N-dealkylation sites (tertiary alicyclic amines) is 1. The first-order valence-electron chi connectivity index (χ1n) is 7.68. The Morgan fingerprint density at radius 1 is 1.28 bits per heavy atom. The second-order valence-electron chi connectivity index (χ2n) is 5.98. The topological polar surface area (TPSA) is 66.9 Å². The van der Waals surface area contributed by atoms with Gasteiger partial charge in [-0.15, -0.1) is 0 Å². The SMILES string of the molecule is O=C(Cc1cccc(C(F)(F)F)c1)N1CC[C@H](N2C(=O)COC2=O)C1. The molecule has 0 saturated carbocycles. The average Bonchev–Trinajstić information content (AvgIpc) is 3.13. The fraction of sp³-hybridized carbons (Fsp3) is 0.438. The van der Waals surface area contributed by atoms with E-state index in [1.807, 2.05) is 0 Å². The summed E-state index contributed by atoms with van der Waals surface area (Å²) < 4.78 is 42.8. The Morgan fingerprint density at radius 3 is 2.68 bits per heavy atom. The van der Waals surface area contributed by atoms with E-state index >= 15 is 0 Å². The minimum atomic E-state index is -4.46. The smallest absolute Gasteiger partial charge is 0.417 e. The Balaban J connectivity index is 1.63. The summed E-state index contributed by atoms with van der Waals surface area (Å²) in [7, 11) is 0. The largest absolute Gasteiger partial charge is 0.439 e. The lowest BCUT2D eigenvalue weighted by Crippen LogP contribution is -2.42. The van der Waals surface area contributed by atoms with Crippen molar-refractivity contribution >= 4 is 17.9 Å². The number of alkyl halides is 3. The molecular weight excluding hydrogens is 341 g/mol. The van der Waals surface area contributed by atoms with Gasteiger partial charge < -0.3 is 9.64 Å². The van der Waals surface area contributed by atoms with Gasteiger partial charge in [-0.25, -0.2) is 9.69 Å². The van der Waals surface area contributed by atoms with Crippen LogP contribution in [0.3, 0.4) is 0 Å². The number of benzene rings is 1. The Labute approximate surface area is 141 Å². The Morgan fingerprint density at radius 2 is 2.04 bits per heavy atom. The second-order valence-corrected chi connectivity index (χ2v) is 5.98. The van der Waals surface area contributed by atoms with E-state index in [9.17, 15) is 27.6 Å². The zero-order chi connectivity index (χ0) is 18.2. The molecule has 9 heteroatoms. The molecule has 0 spiro atoms. The molecule has 2 aliphatic heterocycles. The van der Waals surface area contributed by atoms with E-state index in [1.54, 1.807) is 0 Å².